The largest absolute Gasteiger partial charge is 0.459 e. The maximum Gasteiger partial charge on any atom is 0.289 e. The highest BCUT2D eigenvalue weighted by molar-refractivity contribution is 6.22. The summed E-state index contributed by atoms with van der Waals surface area (Å²) in [6.45, 7) is 1.75. The molecule has 2 aliphatic rings. The van der Waals surface area contributed by atoms with Gasteiger partial charge < -0.3 is 19.4 Å². The number of benzene rings is 1. The monoisotopic (exact) mass is 439 g/mol. The number of nitrogens with zero attached hydrogens (tertiary/aromatic N) is 2. The Balaban J connectivity index is 1.35. The lowest BCUT2D eigenvalue weighted by Gasteiger charge is -2.31. The fourth-order valence-electron chi connectivity index (χ4n) is 4.05. The van der Waals surface area contributed by atoms with E-state index in [-0.39, 0.29) is 41.8 Å². The number of carbonyl (C=O) groups is 4. The summed E-state index contributed by atoms with van der Waals surface area (Å²) in [5.74, 6) is -0.887. The normalized spacial score (nSPS) is 16.4. The molecule has 1 saturated heterocycles. The third kappa shape index (κ3) is 4.29. The van der Waals surface area contributed by atoms with Crippen molar-refractivity contribution < 1.29 is 28.3 Å². The zero-order valence-corrected chi connectivity index (χ0v) is 17.8. The van der Waals surface area contributed by atoms with Crippen LogP contribution in [0.4, 0.5) is 0 Å². The number of likely N-dealkylation sites (tertiary alicyclic amines) is 1. The van der Waals surface area contributed by atoms with Crippen LogP contribution in [0.5, 0.6) is 0 Å². The SMILES string of the molecule is COCCCN1C(=O)c2ccc(C(=O)NC3CCN(C(=O)c4ccco4)CC3)cc2C1=O. The third-order valence-electron chi connectivity index (χ3n) is 5.81. The average Bonchev–Trinajstić information content (AvgIpc) is 3.42. The topological polar surface area (TPSA) is 109 Å². The molecule has 32 heavy (non-hydrogen) atoms. The summed E-state index contributed by atoms with van der Waals surface area (Å²) in [4.78, 5) is 53.2. The van der Waals surface area contributed by atoms with Gasteiger partial charge in [-0.25, -0.2) is 0 Å². The molecule has 1 fully saturated rings. The van der Waals surface area contributed by atoms with Crippen LogP contribution in [-0.4, -0.2) is 72.8 Å². The quantitative estimate of drug-likeness (QED) is 0.522. The van der Waals surface area contributed by atoms with Crippen molar-refractivity contribution >= 4 is 23.6 Å². The number of piperidine rings is 1. The molecule has 2 aliphatic heterocycles. The van der Waals surface area contributed by atoms with Crippen molar-refractivity contribution in [1.82, 2.24) is 15.1 Å². The molecule has 9 heteroatoms. The van der Waals surface area contributed by atoms with Crippen molar-refractivity contribution in [1.29, 1.82) is 0 Å². The molecule has 9 nitrogen and oxygen atoms in total. The Bertz CT molecular complexity index is 1020. The summed E-state index contributed by atoms with van der Waals surface area (Å²) in [7, 11) is 1.56. The van der Waals surface area contributed by atoms with Crippen LogP contribution in [0.3, 0.4) is 0 Å². The Morgan fingerprint density at radius 2 is 1.88 bits per heavy atom. The minimum Gasteiger partial charge on any atom is -0.459 e. The molecule has 1 N–H and O–H groups in total. The van der Waals surface area contributed by atoms with Gasteiger partial charge in [0.05, 0.1) is 17.4 Å². The Morgan fingerprint density at radius 1 is 1.12 bits per heavy atom. The number of nitrogens with one attached hydrogen (secondary N) is 1. The van der Waals surface area contributed by atoms with E-state index in [2.05, 4.69) is 5.32 Å². The number of methoxy groups -OCH3 is 1. The van der Waals surface area contributed by atoms with Crippen LogP contribution in [0.25, 0.3) is 0 Å². The van der Waals surface area contributed by atoms with Crippen molar-refractivity contribution in [2.45, 2.75) is 25.3 Å². The van der Waals surface area contributed by atoms with Crippen LogP contribution in [0, 0.1) is 0 Å². The summed E-state index contributed by atoms with van der Waals surface area (Å²) in [6.07, 6.45) is 3.26. The molecule has 4 amide bonds. The van der Waals surface area contributed by atoms with Gasteiger partial charge in [0.1, 0.15) is 0 Å². The average molecular weight is 439 g/mol. The van der Waals surface area contributed by atoms with E-state index in [0.717, 1.165) is 0 Å². The second-order valence-corrected chi connectivity index (χ2v) is 7.89. The second-order valence-electron chi connectivity index (χ2n) is 7.89. The standard InChI is InChI=1S/C23H25N3O6/c1-31-12-3-9-26-21(28)17-6-5-15(14-18(17)22(26)29)20(27)24-16-7-10-25(11-8-16)23(30)19-4-2-13-32-19/h2,4-6,13-14,16H,3,7-12H2,1H3,(H,24,27). The molecule has 0 saturated carbocycles. The minimum atomic E-state index is -0.388. The lowest BCUT2D eigenvalue weighted by atomic mass is 10.0. The fraction of sp³-hybridized carbons (Fsp3) is 0.391. The summed E-state index contributed by atoms with van der Waals surface area (Å²) in [5, 5.41) is 2.97. The van der Waals surface area contributed by atoms with Crippen LogP contribution in [0.15, 0.2) is 41.0 Å². The fourth-order valence-corrected chi connectivity index (χ4v) is 4.05. The van der Waals surface area contributed by atoms with Gasteiger partial charge in [0, 0.05) is 45.0 Å². The molecule has 0 aliphatic carbocycles. The number of ether oxygens (including phenoxy) is 1. The molecular formula is C23H25N3O6. The lowest BCUT2D eigenvalue weighted by molar-refractivity contribution is 0.0634. The van der Waals surface area contributed by atoms with Crippen molar-refractivity contribution in [3.05, 3.63) is 59.0 Å². The van der Waals surface area contributed by atoms with Crippen LogP contribution in [-0.2, 0) is 4.74 Å². The summed E-state index contributed by atoms with van der Waals surface area (Å²) in [5.41, 5.74) is 0.894. The molecule has 0 atom stereocenters. The molecular weight excluding hydrogens is 414 g/mol. The van der Waals surface area contributed by atoms with Gasteiger partial charge in [0.2, 0.25) is 0 Å². The third-order valence-corrected chi connectivity index (χ3v) is 5.81. The molecule has 3 heterocycles. The van der Waals surface area contributed by atoms with E-state index in [1.165, 1.54) is 23.3 Å². The molecule has 1 aromatic heterocycles. The number of hydrogen-bond donors (Lipinski definition) is 1. The van der Waals surface area contributed by atoms with Crippen LogP contribution < -0.4 is 5.32 Å². The smallest absolute Gasteiger partial charge is 0.289 e. The van der Waals surface area contributed by atoms with Crippen molar-refractivity contribution in [2.24, 2.45) is 0 Å². The van der Waals surface area contributed by atoms with Gasteiger partial charge >= 0.3 is 0 Å². The highest BCUT2D eigenvalue weighted by Crippen LogP contribution is 2.24. The number of rotatable bonds is 7. The molecule has 0 unspecified atom stereocenters. The van der Waals surface area contributed by atoms with Crippen molar-refractivity contribution in [3.63, 3.8) is 0 Å². The number of carbonyl (C=O) groups excluding carboxylic acids is 4. The molecule has 4 rings (SSSR count). The van der Waals surface area contributed by atoms with E-state index in [1.807, 2.05) is 0 Å². The van der Waals surface area contributed by atoms with E-state index in [1.54, 1.807) is 30.2 Å². The molecule has 0 bridgehead atoms. The zero-order chi connectivity index (χ0) is 22.7. The van der Waals surface area contributed by atoms with Gasteiger partial charge in [-0.05, 0) is 49.6 Å². The summed E-state index contributed by atoms with van der Waals surface area (Å²) in [6, 6.07) is 7.80. The Kier molecular flexibility index (Phi) is 6.36. The predicted octanol–water partition coefficient (Wildman–Crippen LogP) is 1.95. The molecule has 0 spiro atoms. The maximum absolute atomic E-state index is 12.8. The van der Waals surface area contributed by atoms with Gasteiger partial charge in [0.15, 0.2) is 5.76 Å². The van der Waals surface area contributed by atoms with E-state index in [9.17, 15) is 19.2 Å². The first-order chi connectivity index (χ1) is 15.5. The van der Waals surface area contributed by atoms with Gasteiger partial charge in [-0.15, -0.1) is 0 Å². The first kappa shape index (κ1) is 21.8. The van der Waals surface area contributed by atoms with E-state index < -0.39 is 0 Å². The Labute approximate surface area is 185 Å². The molecule has 1 aromatic carbocycles. The van der Waals surface area contributed by atoms with Gasteiger partial charge in [0.25, 0.3) is 23.6 Å². The van der Waals surface area contributed by atoms with Crippen LogP contribution in [0.2, 0.25) is 0 Å². The zero-order valence-electron chi connectivity index (χ0n) is 17.8. The Hall–Kier alpha value is -3.46. The summed E-state index contributed by atoms with van der Waals surface area (Å²) >= 11 is 0. The minimum absolute atomic E-state index is 0.0840. The predicted molar refractivity (Wildman–Crippen MR) is 113 cm³/mol. The maximum atomic E-state index is 12.8. The van der Waals surface area contributed by atoms with Crippen LogP contribution in [0.1, 0.15) is 60.9 Å². The van der Waals surface area contributed by atoms with Gasteiger partial charge in [-0.1, -0.05) is 0 Å². The number of imide groups is 1. The molecule has 168 valence electrons. The van der Waals surface area contributed by atoms with Crippen LogP contribution >= 0.6 is 0 Å². The van der Waals surface area contributed by atoms with E-state index >= 15 is 0 Å². The van der Waals surface area contributed by atoms with Crippen molar-refractivity contribution in [2.75, 3.05) is 33.4 Å². The van der Waals surface area contributed by atoms with Gasteiger partial charge in [-0.2, -0.15) is 0 Å². The van der Waals surface area contributed by atoms with E-state index in [0.29, 0.717) is 55.8 Å². The highest BCUT2D eigenvalue weighted by Gasteiger charge is 2.35. The van der Waals surface area contributed by atoms with Crippen molar-refractivity contribution in [3.8, 4) is 0 Å². The lowest BCUT2D eigenvalue weighted by Crippen LogP contribution is -2.46. The molecule has 0 radical (unpaired) electrons. The number of fused-ring (bicyclic) bond motifs is 1. The van der Waals surface area contributed by atoms with E-state index in [4.69, 9.17) is 9.15 Å². The van der Waals surface area contributed by atoms with Gasteiger partial charge in [-0.3, -0.25) is 24.1 Å². The first-order valence-electron chi connectivity index (χ1n) is 10.6. The molecule has 2 aromatic rings. The number of amides is 4. The number of furan rings is 1. The first-order valence-corrected chi connectivity index (χ1v) is 10.6. The Morgan fingerprint density at radius 3 is 2.56 bits per heavy atom. The highest BCUT2D eigenvalue weighted by atomic mass is 16.5. The summed E-state index contributed by atoms with van der Waals surface area (Å²) < 4.78 is 10.1. The second kappa shape index (κ2) is 9.35. The number of hydrogen-bond acceptors (Lipinski definition) is 6.